The monoisotopic (exact) mass is 354 g/mol. The molecule has 1 fully saturated rings. The summed E-state index contributed by atoms with van der Waals surface area (Å²) in [5, 5.41) is 0.684. The van der Waals surface area contributed by atoms with Crippen LogP contribution >= 0.6 is 11.8 Å². The zero-order chi connectivity index (χ0) is 17.6. The van der Waals surface area contributed by atoms with E-state index in [1.807, 2.05) is 47.4 Å². The summed E-state index contributed by atoms with van der Waals surface area (Å²) in [6.07, 6.45) is 1.64. The highest BCUT2D eigenvalue weighted by molar-refractivity contribution is 8.15. The van der Waals surface area contributed by atoms with Crippen LogP contribution in [0.25, 0.3) is 0 Å². The van der Waals surface area contributed by atoms with E-state index in [2.05, 4.69) is 19.1 Å². The Bertz CT molecular complexity index is 744. The summed E-state index contributed by atoms with van der Waals surface area (Å²) in [5.74, 6) is 0.953. The van der Waals surface area contributed by atoms with Crippen LogP contribution in [-0.4, -0.2) is 34.9 Å². The Morgan fingerprint density at radius 2 is 1.84 bits per heavy atom. The van der Waals surface area contributed by atoms with Gasteiger partial charge in [-0.15, -0.1) is 0 Å². The minimum absolute atomic E-state index is 0.106. The van der Waals surface area contributed by atoms with Crippen molar-refractivity contribution in [3.63, 3.8) is 0 Å². The SMILES string of the molecule is CCCN1C(=O)[C@H](Cc2ccccc2)SC1=Nc1ccc(OC)cc1. The highest BCUT2D eigenvalue weighted by atomic mass is 32.2. The molecule has 0 unspecified atom stereocenters. The number of amides is 1. The van der Waals surface area contributed by atoms with Crippen LogP contribution < -0.4 is 4.74 Å². The number of hydrogen-bond acceptors (Lipinski definition) is 4. The van der Waals surface area contributed by atoms with Crippen LogP contribution in [0.15, 0.2) is 59.6 Å². The number of methoxy groups -OCH3 is 1. The molecule has 2 aromatic carbocycles. The number of nitrogens with zero attached hydrogens (tertiary/aromatic N) is 2. The Morgan fingerprint density at radius 1 is 1.12 bits per heavy atom. The van der Waals surface area contributed by atoms with Crippen molar-refractivity contribution >= 4 is 28.5 Å². The fourth-order valence-corrected chi connectivity index (χ4v) is 3.97. The van der Waals surface area contributed by atoms with Gasteiger partial charge in [-0.1, -0.05) is 49.0 Å². The summed E-state index contributed by atoms with van der Waals surface area (Å²) >= 11 is 1.56. The van der Waals surface area contributed by atoms with Gasteiger partial charge in [-0.25, -0.2) is 4.99 Å². The first-order valence-corrected chi connectivity index (χ1v) is 9.34. The topological polar surface area (TPSA) is 41.9 Å². The second kappa shape index (κ2) is 8.21. The van der Waals surface area contributed by atoms with Crippen LogP contribution in [0.1, 0.15) is 18.9 Å². The van der Waals surface area contributed by atoms with Crippen molar-refractivity contribution < 1.29 is 9.53 Å². The average Bonchev–Trinajstić information content (AvgIpc) is 2.92. The number of rotatable bonds is 6. The maximum absolute atomic E-state index is 12.8. The molecule has 4 nitrogen and oxygen atoms in total. The Labute approximate surface area is 152 Å². The van der Waals surface area contributed by atoms with Crippen molar-refractivity contribution in [1.29, 1.82) is 0 Å². The van der Waals surface area contributed by atoms with Crippen LogP contribution in [0, 0.1) is 0 Å². The van der Waals surface area contributed by atoms with E-state index >= 15 is 0 Å². The fraction of sp³-hybridized carbons (Fsp3) is 0.300. The van der Waals surface area contributed by atoms with Crippen molar-refractivity contribution in [2.75, 3.05) is 13.7 Å². The molecule has 130 valence electrons. The zero-order valence-electron chi connectivity index (χ0n) is 14.5. The predicted octanol–water partition coefficient (Wildman–Crippen LogP) is 4.28. The molecule has 0 saturated carbocycles. The highest BCUT2D eigenvalue weighted by Gasteiger charge is 2.37. The molecule has 0 spiro atoms. The van der Waals surface area contributed by atoms with Gasteiger partial charge in [0.2, 0.25) is 5.91 Å². The van der Waals surface area contributed by atoms with Crippen LogP contribution in [-0.2, 0) is 11.2 Å². The van der Waals surface area contributed by atoms with Gasteiger partial charge in [-0.2, -0.15) is 0 Å². The summed E-state index contributed by atoms with van der Waals surface area (Å²) in [5.41, 5.74) is 2.01. The lowest BCUT2D eigenvalue weighted by Crippen LogP contribution is -2.33. The molecule has 0 bridgehead atoms. The lowest BCUT2D eigenvalue weighted by molar-refractivity contribution is -0.126. The van der Waals surface area contributed by atoms with E-state index in [0.717, 1.165) is 29.4 Å². The first-order valence-electron chi connectivity index (χ1n) is 8.46. The molecule has 0 aliphatic carbocycles. The Morgan fingerprint density at radius 3 is 2.48 bits per heavy atom. The Kier molecular flexibility index (Phi) is 5.76. The molecule has 2 aromatic rings. The molecule has 5 heteroatoms. The van der Waals surface area contributed by atoms with Gasteiger partial charge in [0.15, 0.2) is 5.17 Å². The number of hydrogen-bond donors (Lipinski definition) is 0. The van der Waals surface area contributed by atoms with Crippen molar-refractivity contribution in [3.05, 3.63) is 60.2 Å². The molecule has 1 aliphatic heterocycles. The van der Waals surface area contributed by atoms with Gasteiger partial charge in [0.25, 0.3) is 0 Å². The molecular weight excluding hydrogens is 332 g/mol. The van der Waals surface area contributed by atoms with Crippen LogP contribution in [0.5, 0.6) is 5.75 Å². The first-order chi connectivity index (χ1) is 12.2. The summed E-state index contributed by atoms with van der Waals surface area (Å²) in [7, 11) is 1.64. The maximum atomic E-state index is 12.8. The van der Waals surface area contributed by atoms with E-state index in [4.69, 9.17) is 9.73 Å². The van der Waals surface area contributed by atoms with Gasteiger partial charge >= 0.3 is 0 Å². The minimum atomic E-state index is -0.106. The number of carbonyl (C=O) groups excluding carboxylic acids is 1. The van der Waals surface area contributed by atoms with Crippen LogP contribution in [0.4, 0.5) is 5.69 Å². The average molecular weight is 354 g/mol. The third kappa shape index (κ3) is 4.23. The van der Waals surface area contributed by atoms with Crippen LogP contribution in [0.3, 0.4) is 0 Å². The number of amidine groups is 1. The predicted molar refractivity (Wildman–Crippen MR) is 104 cm³/mol. The number of benzene rings is 2. The van der Waals surface area contributed by atoms with Gasteiger partial charge in [0.05, 0.1) is 18.0 Å². The van der Waals surface area contributed by atoms with Gasteiger partial charge in [0, 0.05) is 6.54 Å². The van der Waals surface area contributed by atoms with E-state index in [1.165, 1.54) is 5.56 Å². The van der Waals surface area contributed by atoms with Crippen molar-refractivity contribution in [2.24, 2.45) is 4.99 Å². The summed E-state index contributed by atoms with van der Waals surface area (Å²) in [6, 6.07) is 17.7. The molecule has 1 aliphatic rings. The minimum Gasteiger partial charge on any atom is -0.497 e. The number of aliphatic imine (C=N–C) groups is 1. The largest absolute Gasteiger partial charge is 0.497 e. The zero-order valence-corrected chi connectivity index (χ0v) is 15.3. The molecule has 1 atom stereocenters. The lowest BCUT2D eigenvalue weighted by atomic mass is 10.1. The Balaban J connectivity index is 1.81. The smallest absolute Gasteiger partial charge is 0.242 e. The molecule has 1 heterocycles. The molecular formula is C20H22N2O2S. The van der Waals surface area contributed by atoms with Crippen molar-refractivity contribution in [2.45, 2.75) is 25.0 Å². The van der Waals surface area contributed by atoms with Gasteiger partial charge in [0.1, 0.15) is 5.75 Å². The van der Waals surface area contributed by atoms with E-state index in [-0.39, 0.29) is 11.2 Å². The third-order valence-corrected chi connectivity index (χ3v) is 5.20. The van der Waals surface area contributed by atoms with Gasteiger partial charge in [-0.05, 0) is 42.7 Å². The van der Waals surface area contributed by atoms with E-state index in [0.29, 0.717) is 6.54 Å². The third-order valence-electron chi connectivity index (χ3n) is 4.03. The highest BCUT2D eigenvalue weighted by Crippen LogP contribution is 2.32. The van der Waals surface area contributed by atoms with Crippen molar-refractivity contribution in [1.82, 2.24) is 4.90 Å². The normalized spacial score (nSPS) is 18.8. The molecule has 0 N–H and O–H groups in total. The fourth-order valence-electron chi connectivity index (χ4n) is 2.75. The standard InChI is InChI=1S/C20H22N2O2S/c1-3-13-22-19(23)18(14-15-7-5-4-6-8-15)25-20(22)21-16-9-11-17(24-2)12-10-16/h4-12,18H,3,13-14H2,1-2H3/t18-/m0/s1. The van der Waals surface area contributed by atoms with Gasteiger partial charge < -0.3 is 4.74 Å². The maximum Gasteiger partial charge on any atom is 0.242 e. The molecule has 1 saturated heterocycles. The molecule has 0 radical (unpaired) electrons. The molecule has 1 amide bonds. The Hall–Kier alpha value is -2.27. The quantitative estimate of drug-likeness (QED) is 0.777. The van der Waals surface area contributed by atoms with Crippen molar-refractivity contribution in [3.8, 4) is 5.75 Å². The summed E-state index contributed by atoms with van der Waals surface area (Å²) in [4.78, 5) is 19.3. The summed E-state index contributed by atoms with van der Waals surface area (Å²) < 4.78 is 5.18. The molecule has 0 aromatic heterocycles. The molecule has 25 heavy (non-hydrogen) atoms. The van der Waals surface area contributed by atoms with E-state index in [9.17, 15) is 4.79 Å². The number of thioether (sulfide) groups is 1. The van der Waals surface area contributed by atoms with Gasteiger partial charge in [-0.3, -0.25) is 9.69 Å². The lowest BCUT2D eigenvalue weighted by Gasteiger charge is -2.15. The van der Waals surface area contributed by atoms with E-state index in [1.54, 1.807) is 18.9 Å². The number of carbonyl (C=O) groups is 1. The van der Waals surface area contributed by atoms with E-state index < -0.39 is 0 Å². The second-order valence-electron chi connectivity index (χ2n) is 5.88. The van der Waals surface area contributed by atoms with Crippen LogP contribution in [0.2, 0.25) is 0 Å². The first kappa shape index (κ1) is 17.5. The molecule has 3 rings (SSSR count). The number of ether oxygens (including phenoxy) is 1. The summed E-state index contributed by atoms with van der Waals surface area (Å²) in [6.45, 7) is 2.78. The second-order valence-corrected chi connectivity index (χ2v) is 7.05.